The third kappa shape index (κ3) is 3.42. The highest BCUT2D eigenvalue weighted by molar-refractivity contribution is 5.87. The van der Waals surface area contributed by atoms with E-state index in [4.69, 9.17) is 0 Å². The van der Waals surface area contributed by atoms with Crippen LogP contribution in [0, 0.1) is 0 Å². The van der Waals surface area contributed by atoms with Gasteiger partial charge in [-0.15, -0.1) is 0 Å². The molecule has 1 atom stereocenters. The van der Waals surface area contributed by atoms with Gasteiger partial charge in [0, 0.05) is 24.5 Å². The molecule has 0 amide bonds. The summed E-state index contributed by atoms with van der Waals surface area (Å²) in [6.45, 7) is 2.68. The Bertz CT molecular complexity index is 537. The van der Waals surface area contributed by atoms with E-state index in [-0.39, 0.29) is 12.0 Å². The fourth-order valence-electron chi connectivity index (χ4n) is 1.77. The predicted octanol–water partition coefficient (Wildman–Crippen LogP) is 2.05. The Kier molecular flexibility index (Phi) is 4.30. The monoisotopic (exact) mass is 259 g/mol. The number of pyridine rings is 1. The van der Waals surface area contributed by atoms with Crippen LogP contribution in [0.1, 0.15) is 34.8 Å². The van der Waals surface area contributed by atoms with E-state index in [1.807, 2.05) is 31.2 Å². The van der Waals surface area contributed by atoms with Crippen molar-refractivity contribution in [2.45, 2.75) is 19.5 Å². The lowest BCUT2D eigenvalue weighted by Crippen LogP contribution is -2.19. The number of nitrogens with one attached hydrogen (secondary N) is 2. The van der Waals surface area contributed by atoms with Gasteiger partial charge in [0.1, 0.15) is 5.69 Å². The number of nitrogens with zero attached hydrogens (tertiary/aromatic N) is 1. The number of carbonyl (C=O) groups excluding carboxylic acids is 1. The average Bonchev–Trinajstić information content (AvgIpc) is 2.93. The highest BCUT2D eigenvalue weighted by Gasteiger charge is 2.09. The van der Waals surface area contributed by atoms with Gasteiger partial charge in [0.15, 0.2) is 0 Å². The minimum atomic E-state index is -0.357. The van der Waals surface area contributed by atoms with Crippen molar-refractivity contribution in [3.05, 3.63) is 53.6 Å². The van der Waals surface area contributed by atoms with Crippen LogP contribution in [-0.2, 0) is 11.3 Å². The van der Waals surface area contributed by atoms with E-state index < -0.39 is 0 Å². The number of H-pyrrole nitrogens is 1. The first kappa shape index (κ1) is 13.3. The van der Waals surface area contributed by atoms with Crippen LogP contribution in [0.4, 0.5) is 0 Å². The fourth-order valence-corrected chi connectivity index (χ4v) is 1.77. The van der Waals surface area contributed by atoms with Crippen LogP contribution in [-0.4, -0.2) is 23.0 Å². The maximum Gasteiger partial charge on any atom is 0.354 e. The van der Waals surface area contributed by atoms with Crippen molar-refractivity contribution in [2.24, 2.45) is 0 Å². The summed E-state index contributed by atoms with van der Waals surface area (Å²) in [5.41, 5.74) is 2.38. The third-order valence-electron chi connectivity index (χ3n) is 2.88. The molecule has 0 saturated heterocycles. The van der Waals surface area contributed by atoms with Gasteiger partial charge in [-0.2, -0.15) is 0 Å². The molecule has 2 rings (SSSR count). The molecule has 2 aromatic heterocycles. The first-order valence-electron chi connectivity index (χ1n) is 6.11. The molecule has 0 aliphatic rings. The van der Waals surface area contributed by atoms with E-state index >= 15 is 0 Å². The fraction of sp³-hybridized carbons (Fsp3) is 0.286. The molecule has 5 nitrogen and oxygen atoms in total. The molecule has 2 heterocycles. The van der Waals surface area contributed by atoms with E-state index in [1.54, 1.807) is 12.3 Å². The molecule has 0 fully saturated rings. The van der Waals surface area contributed by atoms with Gasteiger partial charge in [0.05, 0.1) is 12.8 Å². The number of aromatic nitrogens is 2. The Morgan fingerprint density at radius 2 is 2.26 bits per heavy atom. The van der Waals surface area contributed by atoms with Gasteiger partial charge in [-0.3, -0.25) is 4.98 Å². The highest BCUT2D eigenvalue weighted by Crippen LogP contribution is 2.10. The summed E-state index contributed by atoms with van der Waals surface area (Å²) in [7, 11) is 1.37. The van der Waals surface area contributed by atoms with Crippen molar-refractivity contribution in [2.75, 3.05) is 7.11 Å². The third-order valence-corrected chi connectivity index (χ3v) is 2.88. The number of hydrogen-bond donors (Lipinski definition) is 2. The lowest BCUT2D eigenvalue weighted by molar-refractivity contribution is 0.0594. The SMILES string of the molecule is COC(=O)c1ccc(CN[C@H](C)c2ccccn2)[nH]1. The van der Waals surface area contributed by atoms with E-state index in [9.17, 15) is 4.79 Å². The van der Waals surface area contributed by atoms with Crippen LogP contribution < -0.4 is 5.32 Å². The molecule has 0 unspecified atom stereocenters. The van der Waals surface area contributed by atoms with Crippen LogP contribution in [0.5, 0.6) is 0 Å². The predicted molar refractivity (Wildman–Crippen MR) is 71.6 cm³/mol. The number of methoxy groups -OCH3 is 1. The molecule has 5 heteroatoms. The van der Waals surface area contributed by atoms with E-state index in [0.717, 1.165) is 11.4 Å². The molecule has 0 saturated carbocycles. The standard InChI is InChI=1S/C14H17N3O2/c1-10(12-5-3-4-8-15-12)16-9-11-6-7-13(17-11)14(18)19-2/h3-8,10,16-17H,9H2,1-2H3/t10-/m1/s1. The maximum absolute atomic E-state index is 11.3. The van der Waals surface area contributed by atoms with Gasteiger partial charge < -0.3 is 15.0 Å². The summed E-state index contributed by atoms with van der Waals surface area (Å²) in [6.07, 6.45) is 1.78. The second-order valence-electron chi connectivity index (χ2n) is 4.25. The van der Waals surface area contributed by atoms with Gasteiger partial charge >= 0.3 is 5.97 Å². The molecular weight excluding hydrogens is 242 g/mol. The lowest BCUT2D eigenvalue weighted by Gasteiger charge is -2.12. The normalized spacial score (nSPS) is 12.1. The molecule has 2 N–H and O–H groups in total. The number of esters is 1. The Labute approximate surface area is 112 Å². The summed E-state index contributed by atoms with van der Waals surface area (Å²) < 4.78 is 4.64. The van der Waals surface area contributed by atoms with Crippen molar-refractivity contribution in [3.63, 3.8) is 0 Å². The minimum absolute atomic E-state index is 0.145. The molecule has 0 aromatic carbocycles. The smallest absolute Gasteiger partial charge is 0.354 e. The maximum atomic E-state index is 11.3. The minimum Gasteiger partial charge on any atom is -0.464 e. The first-order chi connectivity index (χ1) is 9.20. The van der Waals surface area contributed by atoms with Gasteiger partial charge in [-0.1, -0.05) is 6.07 Å². The summed E-state index contributed by atoms with van der Waals surface area (Å²) in [6, 6.07) is 9.56. The van der Waals surface area contributed by atoms with E-state index in [0.29, 0.717) is 12.2 Å². The molecule has 0 aliphatic heterocycles. The number of aromatic amines is 1. The van der Waals surface area contributed by atoms with Crippen molar-refractivity contribution in [1.29, 1.82) is 0 Å². The van der Waals surface area contributed by atoms with Crippen LogP contribution in [0.2, 0.25) is 0 Å². The molecule has 19 heavy (non-hydrogen) atoms. The second kappa shape index (κ2) is 6.15. The zero-order valence-electron chi connectivity index (χ0n) is 11.0. The molecule has 0 radical (unpaired) electrons. The summed E-state index contributed by atoms with van der Waals surface area (Å²) in [4.78, 5) is 18.6. The number of carbonyl (C=O) groups is 1. The van der Waals surface area contributed by atoms with E-state index in [1.165, 1.54) is 7.11 Å². The topological polar surface area (TPSA) is 67.0 Å². The van der Waals surface area contributed by atoms with Gasteiger partial charge in [0.2, 0.25) is 0 Å². The Balaban J connectivity index is 1.92. The summed E-state index contributed by atoms with van der Waals surface area (Å²) in [5, 5.41) is 3.34. The number of rotatable bonds is 5. The largest absolute Gasteiger partial charge is 0.464 e. The molecule has 2 aromatic rings. The molecular formula is C14H17N3O2. The second-order valence-corrected chi connectivity index (χ2v) is 4.25. The number of hydrogen-bond acceptors (Lipinski definition) is 4. The van der Waals surface area contributed by atoms with Crippen LogP contribution >= 0.6 is 0 Å². The van der Waals surface area contributed by atoms with Gasteiger partial charge in [-0.05, 0) is 31.2 Å². The van der Waals surface area contributed by atoms with Gasteiger partial charge in [0.25, 0.3) is 0 Å². The zero-order chi connectivity index (χ0) is 13.7. The Morgan fingerprint density at radius 1 is 1.42 bits per heavy atom. The first-order valence-corrected chi connectivity index (χ1v) is 6.11. The van der Waals surface area contributed by atoms with Crippen molar-refractivity contribution in [3.8, 4) is 0 Å². The molecule has 0 bridgehead atoms. The Hall–Kier alpha value is -2.14. The van der Waals surface area contributed by atoms with Crippen LogP contribution in [0.25, 0.3) is 0 Å². The van der Waals surface area contributed by atoms with Gasteiger partial charge in [-0.25, -0.2) is 4.79 Å². The summed E-state index contributed by atoms with van der Waals surface area (Å²) >= 11 is 0. The number of ether oxygens (including phenoxy) is 1. The Morgan fingerprint density at radius 3 is 2.95 bits per heavy atom. The zero-order valence-corrected chi connectivity index (χ0v) is 11.0. The van der Waals surface area contributed by atoms with Crippen LogP contribution in [0.15, 0.2) is 36.5 Å². The van der Waals surface area contributed by atoms with Crippen molar-refractivity contribution < 1.29 is 9.53 Å². The van der Waals surface area contributed by atoms with Crippen molar-refractivity contribution >= 4 is 5.97 Å². The van der Waals surface area contributed by atoms with E-state index in [2.05, 4.69) is 20.0 Å². The molecule has 0 aliphatic carbocycles. The average molecular weight is 259 g/mol. The van der Waals surface area contributed by atoms with Crippen LogP contribution in [0.3, 0.4) is 0 Å². The molecule has 0 spiro atoms. The van der Waals surface area contributed by atoms with Crippen molar-refractivity contribution in [1.82, 2.24) is 15.3 Å². The summed E-state index contributed by atoms with van der Waals surface area (Å²) in [5.74, 6) is -0.357. The quantitative estimate of drug-likeness (QED) is 0.806. The lowest BCUT2D eigenvalue weighted by atomic mass is 10.2. The molecule has 100 valence electrons. The highest BCUT2D eigenvalue weighted by atomic mass is 16.5.